The van der Waals surface area contributed by atoms with E-state index >= 15 is 0 Å². The Bertz CT molecular complexity index is 271. The number of carbonyl (C=O) groups is 1. The fraction of sp³-hybridized carbons (Fsp3) is 0.938. The summed E-state index contributed by atoms with van der Waals surface area (Å²) in [5.74, 6) is 0.323. The lowest BCUT2D eigenvalue weighted by Gasteiger charge is -2.23. The molecule has 0 saturated carbocycles. The van der Waals surface area contributed by atoms with Gasteiger partial charge in [-0.1, -0.05) is 33.1 Å². The molecule has 0 aromatic heterocycles. The summed E-state index contributed by atoms with van der Waals surface area (Å²) in [6.45, 7) is 6.07. The molecule has 1 aliphatic rings. The lowest BCUT2D eigenvalue weighted by atomic mass is 10.1. The van der Waals surface area contributed by atoms with Gasteiger partial charge in [-0.3, -0.25) is 10.1 Å². The number of nitrogens with one attached hydrogen (secondary N) is 1. The van der Waals surface area contributed by atoms with Gasteiger partial charge in [0, 0.05) is 20.3 Å². The Labute approximate surface area is 124 Å². The maximum atomic E-state index is 12.5. The first-order valence-electron chi connectivity index (χ1n) is 8.30. The minimum atomic E-state index is 0.0606. The molecule has 4 heteroatoms. The van der Waals surface area contributed by atoms with Gasteiger partial charge in [-0.2, -0.15) is 0 Å². The number of methoxy groups -OCH3 is 1. The summed E-state index contributed by atoms with van der Waals surface area (Å²) < 4.78 is 5.06. The summed E-state index contributed by atoms with van der Waals surface area (Å²) in [4.78, 5) is 14.5. The van der Waals surface area contributed by atoms with Gasteiger partial charge in [0.1, 0.15) is 0 Å². The van der Waals surface area contributed by atoms with Crippen LogP contribution in [0.15, 0.2) is 0 Å². The Kier molecular flexibility index (Phi) is 8.86. The molecule has 2 unspecified atom stereocenters. The van der Waals surface area contributed by atoms with Gasteiger partial charge in [0.25, 0.3) is 0 Å². The number of ether oxygens (including phenoxy) is 1. The van der Waals surface area contributed by atoms with Crippen molar-refractivity contribution in [3.05, 3.63) is 0 Å². The minimum Gasteiger partial charge on any atom is -0.385 e. The molecule has 0 aromatic carbocycles. The van der Waals surface area contributed by atoms with Crippen molar-refractivity contribution in [3.8, 4) is 0 Å². The van der Waals surface area contributed by atoms with E-state index in [4.69, 9.17) is 4.74 Å². The Morgan fingerprint density at radius 1 is 1.10 bits per heavy atom. The maximum absolute atomic E-state index is 12.5. The monoisotopic (exact) mass is 284 g/mol. The molecular weight excluding hydrogens is 252 g/mol. The molecule has 1 saturated heterocycles. The van der Waals surface area contributed by atoms with Gasteiger partial charge in [0.2, 0.25) is 5.91 Å². The van der Waals surface area contributed by atoms with Crippen LogP contribution in [0, 0.1) is 0 Å². The molecule has 0 radical (unpaired) electrons. The number of amides is 1. The van der Waals surface area contributed by atoms with Crippen LogP contribution in [0.3, 0.4) is 0 Å². The number of rotatable bonds is 11. The molecular formula is C16H32N2O2. The summed E-state index contributed by atoms with van der Waals surface area (Å²) in [5, 5.41) is 3.53. The molecule has 1 amide bonds. The largest absolute Gasteiger partial charge is 0.385 e. The quantitative estimate of drug-likeness (QED) is 0.593. The second-order valence-electron chi connectivity index (χ2n) is 5.75. The molecule has 0 aromatic rings. The Morgan fingerprint density at radius 3 is 2.55 bits per heavy atom. The second-order valence-corrected chi connectivity index (χ2v) is 5.75. The van der Waals surface area contributed by atoms with Crippen LogP contribution in [0.4, 0.5) is 0 Å². The third-order valence-corrected chi connectivity index (χ3v) is 4.01. The zero-order chi connectivity index (χ0) is 14.8. The van der Waals surface area contributed by atoms with Crippen molar-refractivity contribution in [2.24, 2.45) is 0 Å². The van der Waals surface area contributed by atoms with E-state index in [1.165, 1.54) is 0 Å². The van der Waals surface area contributed by atoms with Crippen molar-refractivity contribution in [1.82, 2.24) is 10.2 Å². The van der Waals surface area contributed by atoms with Gasteiger partial charge >= 0.3 is 0 Å². The molecule has 1 heterocycles. The van der Waals surface area contributed by atoms with Crippen molar-refractivity contribution in [3.63, 3.8) is 0 Å². The molecule has 1 rings (SSSR count). The Balaban J connectivity index is 2.40. The van der Waals surface area contributed by atoms with E-state index in [1.54, 1.807) is 7.11 Å². The van der Waals surface area contributed by atoms with Crippen molar-refractivity contribution in [2.45, 2.75) is 77.4 Å². The first-order chi connectivity index (χ1) is 9.74. The van der Waals surface area contributed by atoms with Gasteiger partial charge in [0.15, 0.2) is 0 Å². The van der Waals surface area contributed by atoms with Gasteiger partial charge in [-0.15, -0.1) is 0 Å². The van der Waals surface area contributed by atoms with E-state index in [2.05, 4.69) is 24.1 Å². The van der Waals surface area contributed by atoms with Crippen LogP contribution in [-0.4, -0.2) is 43.3 Å². The second kappa shape index (κ2) is 10.2. The summed E-state index contributed by atoms with van der Waals surface area (Å²) in [6.07, 6.45) is 9.01. The highest BCUT2D eigenvalue weighted by Crippen LogP contribution is 2.19. The number of unbranched alkanes of at least 4 members (excludes halogenated alkanes) is 3. The Hall–Kier alpha value is -0.610. The van der Waals surface area contributed by atoms with Crippen LogP contribution in [0.25, 0.3) is 0 Å². The van der Waals surface area contributed by atoms with Crippen molar-refractivity contribution in [2.75, 3.05) is 20.3 Å². The van der Waals surface area contributed by atoms with E-state index in [1.807, 2.05) is 0 Å². The predicted molar refractivity (Wildman–Crippen MR) is 82.6 cm³/mol. The highest BCUT2D eigenvalue weighted by atomic mass is 16.5. The van der Waals surface area contributed by atoms with E-state index in [-0.39, 0.29) is 12.2 Å². The minimum absolute atomic E-state index is 0.0606. The average molecular weight is 284 g/mol. The molecule has 4 nitrogen and oxygen atoms in total. The SMILES string of the molecule is CCCCC1NC(CCC)N(CCCCCOC)C1=O. The smallest absolute Gasteiger partial charge is 0.241 e. The molecule has 0 bridgehead atoms. The highest BCUT2D eigenvalue weighted by Gasteiger charge is 2.36. The van der Waals surface area contributed by atoms with Crippen LogP contribution in [0.1, 0.15) is 65.2 Å². The zero-order valence-electron chi connectivity index (χ0n) is 13.5. The number of hydrogen-bond donors (Lipinski definition) is 1. The third kappa shape index (κ3) is 5.41. The fourth-order valence-corrected chi connectivity index (χ4v) is 2.85. The normalized spacial score (nSPS) is 22.8. The van der Waals surface area contributed by atoms with Crippen molar-refractivity contribution < 1.29 is 9.53 Å². The lowest BCUT2D eigenvalue weighted by molar-refractivity contribution is -0.130. The van der Waals surface area contributed by atoms with Crippen LogP contribution in [0.2, 0.25) is 0 Å². The fourth-order valence-electron chi connectivity index (χ4n) is 2.85. The highest BCUT2D eigenvalue weighted by molar-refractivity contribution is 5.84. The zero-order valence-corrected chi connectivity index (χ0v) is 13.5. The average Bonchev–Trinajstić information content (AvgIpc) is 2.73. The third-order valence-electron chi connectivity index (χ3n) is 4.01. The molecule has 1 N–H and O–H groups in total. The molecule has 1 aliphatic heterocycles. The van der Waals surface area contributed by atoms with Gasteiger partial charge < -0.3 is 9.64 Å². The summed E-state index contributed by atoms with van der Waals surface area (Å²) >= 11 is 0. The Morgan fingerprint density at radius 2 is 1.90 bits per heavy atom. The number of hydrogen-bond acceptors (Lipinski definition) is 3. The molecule has 118 valence electrons. The maximum Gasteiger partial charge on any atom is 0.241 e. The molecule has 0 aliphatic carbocycles. The van der Waals surface area contributed by atoms with Gasteiger partial charge in [0.05, 0.1) is 12.2 Å². The van der Waals surface area contributed by atoms with E-state index < -0.39 is 0 Å². The lowest BCUT2D eigenvalue weighted by Crippen LogP contribution is -2.37. The first-order valence-corrected chi connectivity index (χ1v) is 8.30. The van der Waals surface area contributed by atoms with Crippen LogP contribution >= 0.6 is 0 Å². The molecule has 0 spiro atoms. The molecule has 2 atom stereocenters. The topological polar surface area (TPSA) is 41.6 Å². The van der Waals surface area contributed by atoms with E-state index in [0.717, 1.165) is 64.5 Å². The van der Waals surface area contributed by atoms with Crippen LogP contribution in [-0.2, 0) is 9.53 Å². The number of nitrogens with zero attached hydrogens (tertiary/aromatic N) is 1. The van der Waals surface area contributed by atoms with Gasteiger partial charge in [-0.05, 0) is 32.1 Å². The molecule has 20 heavy (non-hydrogen) atoms. The van der Waals surface area contributed by atoms with Crippen molar-refractivity contribution >= 4 is 5.91 Å². The summed E-state index contributed by atoms with van der Waals surface area (Å²) in [6, 6.07) is 0.0606. The van der Waals surface area contributed by atoms with Crippen molar-refractivity contribution in [1.29, 1.82) is 0 Å². The van der Waals surface area contributed by atoms with E-state index in [9.17, 15) is 4.79 Å². The predicted octanol–water partition coefficient (Wildman–Crippen LogP) is 2.92. The van der Waals surface area contributed by atoms with Crippen LogP contribution in [0.5, 0.6) is 0 Å². The number of carbonyl (C=O) groups excluding carboxylic acids is 1. The van der Waals surface area contributed by atoms with E-state index in [0.29, 0.717) is 5.91 Å². The first kappa shape index (κ1) is 17.4. The summed E-state index contributed by atoms with van der Waals surface area (Å²) in [7, 11) is 1.74. The van der Waals surface area contributed by atoms with Crippen LogP contribution < -0.4 is 5.32 Å². The standard InChI is InChI=1S/C16H32N2O2/c1-4-6-11-14-16(19)18(15(17-14)10-5-2)12-8-7-9-13-20-3/h14-15,17H,4-13H2,1-3H3. The van der Waals surface area contributed by atoms with Gasteiger partial charge in [-0.25, -0.2) is 0 Å². The summed E-state index contributed by atoms with van der Waals surface area (Å²) in [5.41, 5.74) is 0. The molecule has 1 fully saturated rings.